The Morgan fingerprint density at radius 2 is 1.72 bits per heavy atom. The van der Waals surface area contributed by atoms with E-state index in [1.807, 2.05) is 53.4 Å². The van der Waals surface area contributed by atoms with E-state index in [1.165, 1.54) is 0 Å². The number of ether oxygens (including phenoxy) is 1. The van der Waals surface area contributed by atoms with Gasteiger partial charge in [0.05, 0.1) is 16.6 Å². The first-order chi connectivity index (χ1) is 12.2. The van der Waals surface area contributed by atoms with E-state index in [0.29, 0.717) is 6.61 Å². The molecule has 5 heteroatoms. The molecule has 1 fully saturated rings. The third kappa shape index (κ3) is 3.31. The zero-order valence-corrected chi connectivity index (χ0v) is 14.8. The summed E-state index contributed by atoms with van der Waals surface area (Å²) >= 11 is 6.29. The highest BCUT2D eigenvalue weighted by molar-refractivity contribution is 6.33. The number of amides is 1. The Bertz CT molecular complexity index is 772. The van der Waals surface area contributed by atoms with Crippen molar-refractivity contribution in [1.82, 2.24) is 4.90 Å². The Morgan fingerprint density at radius 3 is 2.52 bits per heavy atom. The van der Waals surface area contributed by atoms with Gasteiger partial charge in [0.25, 0.3) is 0 Å². The molecule has 4 rings (SSSR count). The zero-order valence-electron chi connectivity index (χ0n) is 14.0. The van der Waals surface area contributed by atoms with Gasteiger partial charge in [-0.1, -0.05) is 41.9 Å². The molecule has 2 aromatic carbocycles. The first-order valence-electron chi connectivity index (χ1n) is 8.71. The maximum absolute atomic E-state index is 12.9. The Labute approximate surface area is 152 Å². The van der Waals surface area contributed by atoms with Crippen LogP contribution in [-0.4, -0.2) is 43.6 Å². The van der Waals surface area contributed by atoms with Gasteiger partial charge >= 0.3 is 0 Å². The number of hydrogen-bond donors (Lipinski definition) is 0. The number of para-hydroxylation sites is 2. The van der Waals surface area contributed by atoms with Gasteiger partial charge in [0.1, 0.15) is 12.4 Å². The first kappa shape index (κ1) is 16.3. The maximum atomic E-state index is 12.9. The summed E-state index contributed by atoms with van der Waals surface area (Å²) < 4.78 is 5.78. The van der Waals surface area contributed by atoms with Crippen molar-refractivity contribution < 1.29 is 9.53 Å². The van der Waals surface area contributed by atoms with Crippen LogP contribution in [0.5, 0.6) is 5.75 Å². The largest absolute Gasteiger partial charge is 0.492 e. The summed E-state index contributed by atoms with van der Waals surface area (Å²) in [4.78, 5) is 17.1. The topological polar surface area (TPSA) is 32.8 Å². The molecule has 1 saturated heterocycles. The second-order valence-electron chi connectivity index (χ2n) is 6.58. The number of fused-ring (bicyclic) bond motifs is 1. The minimum absolute atomic E-state index is 0.0817. The molecule has 2 aliphatic heterocycles. The van der Waals surface area contributed by atoms with E-state index in [1.54, 1.807) is 0 Å². The van der Waals surface area contributed by atoms with Crippen LogP contribution >= 0.6 is 11.6 Å². The molecule has 0 unspecified atom stereocenters. The van der Waals surface area contributed by atoms with Gasteiger partial charge in [-0.15, -0.1) is 0 Å². The van der Waals surface area contributed by atoms with E-state index in [-0.39, 0.29) is 11.8 Å². The Hall–Kier alpha value is -2.20. The lowest BCUT2D eigenvalue weighted by Crippen LogP contribution is -2.51. The minimum atomic E-state index is -0.0817. The summed E-state index contributed by atoms with van der Waals surface area (Å²) in [6, 6.07) is 15.9. The van der Waals surface area contributed by atoms with Crippen molar-refractivity contribution in [2.75, 3.05) is 37.7 Å². The second kappa shape index (κ2) is 6.96. The summed E-state index contributed by atoms with van der Waals surface area (Å²) in [6.45, 7) is 3.53. The molecule has 0 N–H and O–H groups in total. The van der Waals surface area contributed by atoms with Crippen LogP contribution in [0.25, 0.3) is 0 Å². The molecule has 1 amide bonds. The van der Waals surface area contributed by atoms with Crippen molar-refractivity contribution in [3.05, 3.63) is 59.1 Å². The molecule has 0 bridgehead atoms. The third-order valence-corrected chi connectivity index (χ3v) is 5.33. The maximum Gasteiger partial charge on any atom is 0.229 e. The van der Waals surface area contributed by atoms with E-state index in [9.17, 15) is 4.79 Å². The number of carbonyl (C=O) groups is 1. The van der Waals surface area contributed by atoms with Crippen LogP contribution in [0.15, 0.2) is 48.5 Å². The quantitative estimate of drug-likeness (QED) is 0.828. The lowest BCUT2D eigenvalue weighted by atomic mass is 9.95. The number of rotatable bonds is 2. The lowest BCUT2D eigenvalue weighted by Gasteiger charge is -2.38. The average molecular weight is 357 g/mol. The van der Waals surface area contributed by atoms with Crippen LogP contribution in [0.2, 0.25) is 5.02 Å². The molecule has 0 radical (unpaired) electrons. The second-order valence-corrected chi connectivity index (χ2v) is 6.99. The minimum Gasteiger partial charge on any atom is -0.492 e. The summed E-state index contributed by atoms with van der Waals surface area (Å²) in [6.07, 6.45) is 0.764. The predicted molar refractivity (Wildman–Crippen MR) is 99.4 cm³/mol. The highest BCUT2D eigenvalue weighted by atomic mass is 35.5. The van der Waals surface area contributed by atoms with Crippen LogP contribution in [0.4, 0.5) is 5.69 Å². The van der Waals surface area contributed by atoms with E-state index in [4.69, 9.17) is 16.3 Å². The van der Waals surface area contributed by atoms with E-state index in [2.05, 4.69) is 4.90 Å². The number of carbonyl (C=O) groups excluding carboxylic acids is 1. The van der Waals surface area contributed by atoms with Crippen LogP contribution in [0, 0.1) is 5.92 Å². The molecule has 1 atom stereocenters. The normalized spacial score (nSPS) is 20.0. The van der Waals surface area contributed by atoms with E-state index < -0.39 is 0 Å². The van der Waals surface area contributed by atoms with Gasteiger partial charge < -0.3 is 14.5 Å². The van der Waals surface area contributed by atoms with Crippen molar-refractivity contribution >= 4 is 23.2 Å². The fourth-order valence-electron chi connectivity index (χ4n) is 3.62. The highest BCUT2D eigenvalue weighted by Gasteiger charge is 2.31. The molecule has 0 aromatic heterocycles. The number of hydrogen-bond acceptors (Lipinski definition) is 3. The summed E-state index contributed by atoms with van der Waals surface area (Å²) in [5.41, 5.74) is 2.17. The molecule has 4 nitrogen and oxygen atoms in total. The Morgan fingerprint density at radius 1 is 1.00 bits per heavy atom. The predicted octanol–water partition coefficient (Wildman–Crippen LogP) is 3.24. The SMILES string of the molecule is O=C([C@H]1COc2ccccc2C1)N1CCN(c2ccccc2Cl)CC1. The van der Waals surface area contributed by atoms with Gasteiger partial charge in [0.15, 0.2) is 0 Å². The summed E-state index contributed by atoms with van der Waals surface area (Å²) in [5.74, 6) is 1.03. The number of benzene rings is 2. The first-order valence-corrected chi connectivity index (χ1v) is 9.09. The molecule has 130 valence electrons. The van der Waals surface area contributed by atoms with Gasteiger partial charge in [-0.25, -0.2) is 0 Å². The molecule has 2 aromatic rings. The average Bonchev–Trinajstić information content (AvgIpc) is 2.67. The van der Waals surface area contributed by atoms with Gasteiger partial charge in [-0.3, -0.25) is 4.79 Å². The zero-order chi connectivity index (χ0) is 17.2. The molecule has 0 spiro atoms. The fourth-order valence-corrected chi connectivity index (χ4v) is 3.88. The van der Waals surface area contributed by atoms with Crippen LogP contribution < -0.4 is 9.64 Å². The van der Waals surface area contributed by atoms with Crippen molar-refractivity contribution in [3.63, 3.8) is 0 Å². The van der Waals surface area contributed by atoms with Crippen LogP contribution in [0.1, 0.15) is 5.56 Å². The molecular formula is C20H21ClN2O2. The van der Waals surface area contributed by atoms with Crippen molar-refractivity contribution in [1.29, 1.82) is 0 Å². The number of halogens is 1. The van der Waals surface area contributed by atoms with Gasteiger partial charge in [-0.05, 0) is 30.2 Å². The van der Waals surface area contributed by atoms with E-state index >= 15 is 0 Å². The third-order valence-electron chi connectivity index (χ3n) is 5.01. The lowest BCUT2D eigenvalue weighted by molar-refractivity contribution is -0.137. The summed E-state index contributed by atoms with van der Waals surface area (Å²) in [7, 11) is 0. The van der Waals surface area contributed by atoms with Gasteiger partial charge in [0, 0.05) is 26.2 Å². The molecule has 2 aliphatic rings. The number of nitrogens with zero attached hydrogens (tertiary/aromatic N) is 2. The molecular weight excluding hydrogens is 336 g/mol. The smallest absolute Gasteiger partial charge is 0.229 e. The molecule has 0 aliphatic carbocycles. The Kier molecular flexibility index (Phi) is 4.53. The highest BCUT2D eigenvalue weighted by Crippen LogP contribution is 2.29. The molecule has 25 heavy (non-hydrogen) atoms. The van der Waals surface area contributed by atoms with Crippen molar-refractivity contribution in [2.45, 2.75) is 6.42 Å². The van der Waals surface area contributed by atoms with Crippen LogP contribution in [0.3, 0.4) is 0 Å². The van der Waals surface area contributed by atoms with E-state index in [0.717, 1.165) is 54.6 Å². The fraction of sp³-hybridized carbons (Fsp3) is 0.350. The van der Waals surface area contributed by atoms with Crippen LogP contribution in [-0.2, 0) is 11.2 Å². The molecule has 0 saturated carbocycles. The van der Waals surface area contributed by atoms with Gasteiger partial charge in [-0.2, -0.15) is 0 Å². The Balaban J connectivity index is 1.38. The van der Waals surface area contributed by atoms with Crippen molar-refractivity contribution in [2.24, 2.45) is 5.92 Å². The molecule has 2 heterocycles. The summed E-state index contributed by atoms with van der Waals surface area (Å²) in [5, 5.41) is 0.763. The standard InChI is InChI=1S/C20H21ClN2O2/c21-17-6-2-3-7-18(17)22-9-11-23(12-10-22)20(24)16-13-15-5-1-4-8-19(15)25-14-16/h1-8,16H,9-14H2/t16-/m1/s1. The van der Waals surface area contributed by atoms with Crippen molar-refractivity contribution in [3.8, 4) is 5.75 Å². The van der Waals surface area contributed by atoms with Gasteiger partial charge in [0.2, 0.25) is 5.91 Å². The number of anilines is 1. The monoisotopic (exact) mass is 356 g/mol. The number of piperazine rings is 1.